The number of phenolic OH excluding ortho intramolecular Hbond substituents is 2. The number of hydrogen-bond acceptors (Lipinski definition) is 3. The van der Waals surface area contributed by atoms with Crippen molar-refractivity contribution in [2.24, 2.45) is 0 Å². The van der Waals surface area contributed by atoms with Crippen molar-refractivity contribution < 1.29 is 19.3 Å². The van der Waals surface area contributed by atoms with Gasteiger partial charge in [-0.15, -0.1) is 0 Å². The fourth-order valence-corrected chi connectivity index (χ4v) is 1.40. The monoisotopic (exact) mass is 234 g/mol. The first-order chi connectivity index (χ1) is 8.13. The Morgan fingerprint density at radius 1 is 0.941 bits per heavy atom. The molecule has 2 aromatic rings. The molecule has 0 saturated carbocycles. The van der Waals surface area contributed by atoms with E-state index in [1.165, 1.54) is 30.3 Å². The molecule has 0 fully saturated rings. The summed E-state index contributed by atoms with van der Waals surface area (Å²) in [7, 11) is 0. The van der Waals surface area contributed by atoms with Gasteiger partial charge < -0.3 is 14.9 Å². The Balaban J connectivity index is 2.04. The summed E-state index contributed by atoms with van der Waals surface area (Å²) in [4.78, 5) is 0. The second-order valence-corrected chi connectivity index (χ2v) is 3.60. The van der Waals surface area contributed by atoms with Crippen LogP contribution >= 0.6 is 0 Å². The summed E-state index contributed by atoms with van der Waals surface area (Å²) in [6.07, 6.45) is 0. The number of hydrogen-bond donors (Lipinski definition) is 2. The molecule has 0 aliphatic heterocycles. The molecule has 0 unspecified atom stereocenters. The molecule has 17 heavy (non-hydrogen) atoms. The molecule has 88 valence electrons. The van der Waals surface area contributed by atoms with E-state index in [0.717, 1.165) is 5.56 Å². The van der Waals surface area contributed by atoms with E-state index in [1.807, 2.05) is 0 Å². The molecule has 2 N–H and O–H groups in total. The molecule has 0 aliphatic carbocycles. The third kappa shape index (κ3) is 3.11. The molecule has 0 bridgehead atoms. The molecular formula is C13H11FO3. The van der Waals surface area contributed by atoms with Gasteiger partial charge in [-0.1, -0.05) is 12.1 Å². The first-order valence-corrected chi connectivity index (χ1v) is 5.04. The maximum Gasteiger partial charge on any atom is 0.127 e. The van der Waals surface area contributed by atoms with Crippen LogP contribution in [0.2, 0.25) is 0 Å². The molecule has 4 heteroatoms. The van der Waals surface area contributed by atoms with Crippen LogP contribution in [0.5, 0.6) is 17.2 Å². The highest BCUT2D eigenvalue weighted by Crippen LogP contribution is 2.26. The average Bonchev–Trinajstić information content (AvgIpc) is 2.27. The van der Waals surface area contributed by atoms with Crippen molar-refractivity contribution in [2.45, 2.75) is 6.61 Å². The SMILES string of the molecule is Oc1cc(O)cc(OCc2ccc(F)cc2)c1. The predicted octanol–water partition coefficient (Wildman–Crippen LogP) is 2.82. The fourth-order valence-electron chi connectivity index (χ4n) is 1.40. The third-order valence-corrected chi connectivity index (χ3v) is 2.19. The third-order valence-electron chi connectivity index (χ3n) is 2.19. The van der Waals surface area contributed by atoms with Gasteiger partial charge in [0, 0.05) is 18.2 Å². The van der Waals surface area contributed by atoms with E-state index < -0.39 is 0 Å². The van der Waals surface area contributed by atoms with Gasteiger partial charge in [-0.3, -0.25) is 0 Å². The van der Waals surface area contributed by atoms with Crippen molar-refractivity contribution in [3.05, 3.63) is 53.8 Å². The Hall–Kier alpha value is -2.23. The summed E-state index contributed by atoms with van der Waals surface area (Å²) in [5.41, 5.74) is 0.800. The van der Waals surface area contributed by atoms with E-state index in [9.17, 15) is 14.6 Å². The molecule has 0 atom stereocenters. The van der Waals surface area contributed by atoms with Gasteiger partial charge in [-0.25, -0.2) is 4.39 Å². The van der Waals surface area contributed by atoms with E-state index in [1.54, 1.807) is 12.1 Å². The van der Waals surface area contributed by atoms with Gasteiger partial charge >= 0.3 is 0 Å². The van der Waals surface area contributed by atoms with Gasteiger partial charge in [0.1, 0.15) is 29.7 Å². The molecule has 0 spiro atoms. The second kappa shape index (κ2) is 4.74. The fraction of sp³-hybridized carbons (Fsp3) is 0.0769. The lowest BCUT2D eigenvalue weighted by Crippen LogP contribution is -1.95. The topological polar surface area (TPSA) is 49.7 Å². The van der Waals surface area contributed by atoms with Crippen LogP contribution in [0, 0.1) is 5.82 Å². The van der Waals surface area contributed by atoms with Crippen molar-refractivity contribution in [1.82, 2.24) is 0 Å². The lowest BCUT2D eigenvalue weighted by atomic mass is 10.2. The number of rotatable bonds is 3. The number of aromatic hydroxyl groups is 2. The number of halogens is 1. The van der Waals surface area contributed by atoms with Crippen molar-refractivity contribution in [1.29, 1.82) is 0 Å². The Labute approximate surface area is 97.7 Å². The molecule has 0 radical (unpaired) electrons. The molecule has 0 aliphatic rings. The zero-order chi connectivity index (χ0) is 12.3. The molecule has 0 saturated heterocycles. The van der Waals surface area contributed by atoms with Crippen LogP contribution < -0.4 is 4.74 Å². The molecule has 0 aromatic heterocycles. The number of benzene rings is 2. The normalized spacial score (nSPS) is 10.2. The average molecular weight is 234 g/mol. The lowest BCUT2D eigenvalue weighted by Gasteiger charge is -2.07. The van der Waals surface area contributed by atoms with Crippen molar-refractivity contribution >= 4 is 0 Å². The minimum absolute atomic E-state index is 0.0703. The highest BCUT2D eigenvalue weighted by molar-refractivity contribution is 5.40. The Kier molecular flexibility index (Phi) is 3.14. The Morgan fingerprint density at radius 3 is 2.12 bits per heavy atom. The zero-order valence-electron chi connectivity index (χ0n) is 8.93. The Bertz CT molecular complexity index is 488. The predicted molar refractivity (Wildman–Crippen MR) is 60.5 cm³/mol. The van der Waals surface area contributed by atoms with Gasteiger partial charge in [0.05, 0.1) is 0 Å². The van der Waals surface area contributed by atoms with Gasteiger partial charge in [-0.05, 0) is 17.7 Å². The quantitative estimate of drug-likeness (QED) is 0.858. The van der Waals surface area contributed by atoms with Crippen LogP contribution in [-0.2, 0) is 6.61 Å². The number of phenols is 2. The highest BCUT2D eigenvalue weighted by atomic mass is 19.1. The lowest BCUT2D eigenvalue weighted by molar-refractivity contribution is 0.302. The molecular weight excluding hydrogens is 223 g/mol. The highest BCUT2D eigenvalue weighted by Gasteiger charge is 2.01. The van der Waals surface area contributed by atoms with Crippen molar-refractivity contribution in [3.8, 4) is 17.2 Å². The molecule has 0 amide bonds. The van der Waals surface area contributed by atoms with Gasteiger partial charge in [0.2, 0.25) is 0 Å². The Morgan fingerprint density at radius 2 is 1.53 bits per heavy atom. The smallest absolute Gasteiger partial charge is 0.127 e. The van der Waals surface area contributed by atoms with Crippen LogP contribution in [0.4, 0.5) is 4.39 Å². The van der Waals surface area contributed by atoms with E-state index in [0.29, 0.717) is 5.75 Å². The van der Waals surface area contributed by atoms with Crippen LogP contribution in [0.1, 0.15) is 5.56 Å². The van der Waals surface area contributed by atoms with Crippen LogP contribution in [0.25, 0.3) is 0 Å². The van der Waals surface area contributed by atoms with E-state index in [2.05, 4.69) is 0 Å². The molecule has 0 heterocycles. The van der Waals surface area contributed by atoms with Crippen LogP contribution in [-0.4, -0.2) is 10.2 Å². The summed E-state index contributed by atoms with van der Waals surface area (Å²) in [6, 6.07) is 9.91. The van der Waals surface area contributed by atoms with E-state index >= 15 is 0 Å². The minimum Gasteiger partial charge on any atom is -0.508 e. The maximum absolute atomic E-state index is 12.6. The summed E-state index contributed by atoms with van der Waals surface area (Å²) in [5.74, 6) is -0.0891. The van der Waals surface area contributed by atoms with Crippen molar-refractivity contribution in [3.63, 3.8) is 0 Å². The zero-order valence-corrected chi connectivity index (χ0v) is 8.93. The largest absolute Gasteiger partial charge is 0.508 e. The summed E-state index contributed by atoms with van der Waals surface area (Å²) < 4.78 is 18.0. The van der Waals surface area contributed by atoms with E-state index in [4.69, 9.17) is 4.74 Å². The van der Waals surface area contributed by atoms with Gasteiger partial charge in [0.15, 0.2) is 0 Å². The summed E-state index contributed by atoms with van der Waals surface area (Å²) in [6.45, 7) is 0.239. The summed E-state index contributed by atoms with van der Waals surface area (Å²) >= 11 is 0. The minimum atomic E-state index is -0.302. The summed E-state index contributed by atoms with van der Waals surface area (Å²) in [5, 5.41) is 18.5. The van der Waals surface area contributed by atoms with E-state index in [-0.39, 0.29) is 23.9 Å². The molecule has 2 aromatic carbocycles. The van der Waals surface area contributed by atoms with Gasteiger partial charge in [0.25, 0.3) is 0 Å². The molecule has 3 nitrogen and oxygen atoms in total. The first-order valence-electron chi connectivity index (χ1n) is 5.04. The standard InChI is InChI=1S/C13H11FO3/c14-10-3-1-9(2-4-10)8-17-13-6-11(15)5-12(16)7-13/h1-7,15-16H,8H2. The molecule has 2 rings (SSSR count). The van der Waals surface area contributed by atoms with Crippen molar-refractivity contribution in [2.75, 3.05) is 0 Å². The second-order valence-electron chi connectivity index (χ2n) is 3.60. The number of ether oxygens (including phenoxy) is 1. The van der Waals surface area contributed by atoms with Gasteiger partial charge in [-0.2, -0.15) is 0 Å². The first kappa shape index (κ1) is 11.3. The maximum atomic E-state index is 12.6. The van der Waals surface area contributed by atoms with Crippen LogP contribution in [0.3, 0.4) is 0 Å². The van der Waals surface area contributed by atoms with Crippen LogP contribution in [0.15, 0.2) is 42.5 Å².